The predicted molar refractivity (Wildman–Crippen MR) is 84.2 cm³/mol. The molecule has 1 aliphatic rings. The van der Waals surface area contributed by atoms with Crippen LogP contribution in [0.4, 0.5) is 4.39 Å². The van der Waals surface area contributed by atoms with Gasteiger partial charge in [-0.1, -0.05) is 55.7 Å². The summed E-state index contributed by atoms with van der Waals surface area (Å²) >= 11 is 0. The zero-order valence-corrected chi connectivity index (χ0v) is 12.4. The Morgan fingerprint density at radius 3 is 2.32 bits per heavy atom. The van der Waals surface area contributed by atoms with Gasteiger partial charge < -0.3 is 5.11 Å². The van der Waals surface area contributed by atoms with E-state index < -0.39 is 11.4 Å². The summed E-state index contributed by atoms with van der Waals surface area (Å²) < 4.78 is 14.2. The lowest BCUT2D eigenvalue weighted by molar-refractivity contribution is -0.145. The summed E-state index contributed by atoms with van der Waals surface area (Å²) in [5.41, 5.74) is 1.11. The Bertz CT molecular complexity index is 673. The molecule has 0 radical (unpaired) electrons. The topological polar surface area (TPSA) is 37.3 Å². The predicted octanol–water partition coefficient (Wildman–Crippen LogP) is 4.78. The Hall–Kier alpha value is -2.16. The standard InChI is InChI=1S/C19H19FO2/c20-17-10-9-15(13-16(17)14-7-3-1-4-8-14)19(18(21)22)11-5-2-6-12-19/h1,3-4,7-10,13H,2,5-6,11-12H2,(H,21,22). The lowest BCUT2D eigenvalue weighted by Crippen LogP contribution is -2.37. The fraction of sp³-hybridized carbons (Fsp3) is 0.316. The molecule has 1 aliphatic carbocycles. The van der Waals surface area contributed by atoms with Crippen LogP contribution in [0, 0.1) is 5.82 Å². The molecule has 3 rings (SSSR count). The number of carbonyl (C=O) groups is 1. The molecule has 0 unspecified atom stereocenters. The van der Waals surface area contributed by atoms with Crippen LogP contribution in [0.2, 0.25) is 0 Å². The number of aliphatic carboxylic acids is 1. The summed E-state index contributed by atoms with van der Waals surface area (Å²) in [5.74, 6) is -1.11. The first kappa shape index (κ1) is 14.8. The largest absolute Gasteiger partial charge is 0.481 e. The van der Waals surface area contributed by atoms with E-state index in [4.69, 9.17) is 0 Å². The third-order valence-corrected chi connectivity index (χ3v) is 4.72. The molecular formula is C19H19FO2. The molecule has 0 spiro atoms. The van der Waals surface area contributed by atoms with E-state index in [1.807, 2.05) is 30.3 Å². The summed E-state index contributed by atoms with van der Waals surface area (Å²) in [6, 6.07) is 14.0. The minimum absolute atomic E-state index is 0.314. The molecular weight excluding hydrogens is 279 g/mol. The molecule has 0 aliphatic heterocycles. The van der Waals surface area contributed by atoms with Gasteiger partial charge in [0, 0.05) is 5.56 Å². The number of rotatable bonds is 3. The van der Waals surface area contributed by atoms with Crippen LogP contribution in [0.15, 0.2) is 48.5 Å². The van der Waals surface area contributed by atoms with E-state index in [0.29, 0.717) is 18.4 Å². The first-order chi connectivity index (χ1) is 10.6. The van der Waals surface area contributed by atoms with Crippen molar-refractivity contribution in [2.24, 2.45) is 0 Å². The molecule has 0 atom stereocenters. The van der Waals surface area contributed by atoms with Gasteiger partial charge in [0.2, 0.25) is 0 Å². The first-order valence-electron chi connectivity index (χ1n) is 7.72. The third-order valence-electron chi connectivity index (χ3n) is 4.72. The third kappa shape index (κ3) is 2.52. The van der Waals surface area contributed by atoms with Gasteiger partial charge in [-0.15, -0.1) is 0 Å². The van der Waals surface area contributed by atoms with E-state index in [2.05, 4.69) is 0 Å². The SMILES string of the molecule is O=C(O)C1(c2ccc(F)c(-c3ccccc3)c2)CCCCC1. The molecule has 0 aromatic heterocycles. The highest BCUT2D eigenvalue weighted by atomic mass is 19.1. The molecule has 0 heterocycles. The molecule has 22 heavy (non-hydrogen) atoms. The molecule has 0 bridgehead atoms. The second kappa shape index (κ2) is 5.91. The van der Waals surface area contributed by atoms with E-state index >= 15 is 0 Å². The van der Waals surface area contributed by atoms with Crippen LogP contribution in [0.3, 0.4) is 0 Å². The van der Waals surface area contributed by atoms with Crippen molar-refractivity contribution < 1.29 is 14.3 Å². The van der Waals surface area contributed by atoms with Gasteiger partial charge >= 0.3 is 5.97 Å². The van der Waals surface area contributed by atoms with E-state index in [-0.39, 0.29) is 5.82 Å². The Balaban J connectivity index is 2.10. The Labute approximate surface area is 129 Å². The summed E-state index contributed by atoms with van der Waals surface area (Å²) in [6.07, 6.45) is 4.14. The maximum atomic E-state index is 14.2. The van der Waals surface area contributed by atoms with Crippen LogP contribution in [0.1, 0.15) is 37.7 Å². The molecule has 1 fully saturated rings. The minimum atomic E-state index is -0.866. The first-order valence-corrected chi connectivity index (χ1v) is 7.72. The second-order valence-electron chi connectivity index (χ2n) is 6.01. The zero-order chi connectivity index (χ0) is 15.6. The van der Waals surface area contributed by atoms with Crippen LogP contribution in [-0.4, -0.2) is 11.1 Å². The Morgan fingerprint density at radius 2 is 1.68 bits per heavy atom. The van der Waals surface area contributed by atoms with Crippen molar-refractivity contribution in [3.63, 3.8) is 0 Å². The van der Waals surface area contributed by atoms with Crippen molar-refractivity contribution >= 4 is 5.97 Å². The normalized spacial score (nSPS) is 17.1. The average molecular weight is 298 g/mol. The van der Waals surface area contributed by atoms with Crippen molar-refractivity contribution in [1.82, 2.24) is 0 Å². The van der Waals surface area contributed by atoms with Crippen LogP contribution >= 0.6 is 0 Å². The highest BCUT2D eigenvalue weighted by molar-refractivity contribution is 5.82. The Kier molecular flexibility index (Phi) is 3.97. The van der Waals surface area contributed by atoms with Crippen LogP contribution in [0.25, 0.3) is 11.1 Å². The molecule has 0 saturated heterocycles. The van der Waals surface area contributed by atoms with Crippen molar-refractivity contribution in [1.29, 1.82) is 0 Å². The van der Waals surface area contributed by atoms with Crippen LogP contribution < -0.4 is 0 Å². The maximum Gasteiger partial charge on any atom is 0.314 e. The maximum absolute atomic E-state index is 14.2. The summed E-state index contributed by atoms with van der Waals surface area (Å²) in [6.45, 7) is 0. The van der Waals surface area contributed by atoms with Crippen molar-refractivity contribution in [2.45, 2.75) is 37.5 Å². The smallest absolute Gasteiger partial charge is 0.314 e. The quantitative estimate of drug-likeness (QED) is 0.885. The van der Waals surface area contributed by atoms with Crippen molar-refractivity contribution in [3.05, 3.63) is 59.9 Å². The van der Waals surface area contributed by atoms with Crippen LogP contribution in [-0.2, 0) is 10.2 Å². The zero-order valence-electron chi connectivity index (χ0n) is 12.4. The van der Waals surface area contributed by atoms with Crippen LogP contribution in [0.5, 0.6) is 0 Å². The minimum Gasteiger partial charge on any atom is -0.481 e. The van der Waals surface area contributed by atoms with Gasteiger partial charge in [-0.05, 0) is 36.1 Å². The molecule has 114 valence electrons. The highest BCUT2D eigenvalue weighted by Crippen LogP contribution is 2.41. The van der Waals surface area contributed by atoms with Crippen molar-refractivity contribution in [2.75, 3.05) is 0 Å². The van der Waals surface area contributed by atoms with E-state index in [0.717, 1.165) is 30.4 Å². The number of carboxylic acid groups (broad SMARTS) is 1. The van der Waals surface area contributed by atoms with Gasteiger partial charge in [0.15, 0.2) is 0 Å². The number of carboxylic acids is 1. The fourth-order valence-corrected chi connectivity index (χ4v) is 3.44. The molecule has 2 aromatic rings. The highest BCUT2D eigenvalue weighted by Gasteiger charge is 2.41. The molecule has 2 nitrogen and oxygen atoms in total. The second-order valence-corrected chi connectivity index (χ2v) is 6.01. The van der Waals surface area contributed by atoms with Gasteiger partial charge in [-0.3, -0.25) is 4.79 Å². The lowest BCUT2D eigenvalue weighted by atomic mass is 9.69. The van der Waals surface area contributed by atoms with Gasteiger partial charge in [0.1, 0.15) is 5.82 Å². The van der Waals surface area contributed by atoms with E-state index in [9.17, 15) is 14.3 Å². The van der Waals surface area contributed by atoms with Gasteiger partial charge in [-0.2, -0.15) is 0 Å². The van der Waals surface area contributed by atoms with E-state index in [1.54, 1.807) is 12.1 Å². The van der Waals surface area contributed by atoms with Crippen molar-refractivity contribution in [3.8, 4) is 11.1 Å². The Morgan fingerprint density at radius 1 is 1.00 bits per heavy atom. The summed E-state index contributed by atoms with van der Waals surface area (Å²) in [5, 5.41) is 9.78. The fourth-order valence-electron chi connectivity index (χ4n) is 3.44. The van der Waals surface area contributed by atoms with Gasteiger partial charge in [0.25, 0.3) is 0 Å². The molecule has 2 aromatic carbocycles. The average Bonchev–Trinajstić information content (AvgIpc) is 2.56. The molecule has 0 amide bonds. The number of halogens is 1. The monoisotopic (exact) mass is 298 g/mol. The van der Waals surface area contributed by atoms with Gasteiger partial charge in [0.05, 0.1) is 5.41 Å². The molecule has 3 heteroatoms. The lowest BCUT2D eigenvalue weighted by Gasteiger charge is -2.34. The number of hydrogen-bond donors (Lipinski definition) is 1. The number of hydrogen-bond acceptors (Lipinski definition) is 1. The summed E-state index contributed by atoms with van der Waals surface area (Å²) in [7, 11) is 0. The molecule has 1 N–H and O–H groups in total. The summed E-state index contributed by atoms with van der Waals surface area (Å²) in [4.78, 5) is 11.9. The van der Waals surface area contributed by atoms with E-state index in [1.165, 1.54) is 6.07 Å². The van der Waals surface area contributed by atoms with Gasteiger partial charge in [-0.25, -0.2) is 4.39 Å². The number of benzene rings is 2. The molecule has 1 saturated carbocycles.